The summed E-state index contributed by atoms with van der Waals surface area (Å²) in [5, 5.41) is 3.85. The number of carbonyl (C=O) groups excluding carboxylic acids is 1. The highest BCUT2D eigenvalue weighted by Gasteiger charge is 2.26. The number of esters is 1. The number of hydrogen-bond acceptors (Lipinski definition) is 6. The lowest BCUT2D eigenvalue weighted by molar-refractivity contribution is -0.142. The van der Waals surface area contributed by atoms with Crippen LogP contribution in [0, 0.1) is 0 Å². The highest BCUT2D eigenvalue weighted by molar-refractivity contribution is 14.1. The summed E-state index contributed by atoms with van der Waals surface area (Å²) in [6.45, 7) is 1.65. The highest BCUT2D eigenvalue weighted by atomic mass is 127. The number of carbonyl (C=O) groups is 1. The van der Waals surface area contributed by atoms with Gasteiger partial charge in [-0.2, -0.15) is 0 Å². The minimum Gasteiger partial charge on any atom is -0.462 e. The van der Waals surface area contributed by atoms with Crippen LogP contribution in [0.5, 0.6) is 5.75 Å². The first-order valence-electron chi connectivity index (χ1n) is 5.52. The molecule has 0 atom stereocenters. The number of nitrogens with zero attached hydrogens (tertiary/aromatic N) is 2. The van der Waals surface area contributed by atoms with E-state index in [2.05, 4.69) is 8.36 Å². The van der Waals surface area contributed by atoms with Crippen LogP contribution in [0.25, 0.3) is 0 Å². The number of oxime groups is 1. The average molecular weight is 374 g/mol. The van der Waals surface area contributed by atoms with E-state index in [9.17, 15) is 4.79 Å². The monoisotopic (exact) mass is 374 g/mol. The summed E-state index contributed by atoms with van der Waals surface area (Å²) in [6.07, 6.45) is 0. The second-order valence-electron chi connectivity index (χ2n) is 3.60. The molecule has 1 heterocycles. The lowest BCUT2D eigenvalue weighted by atomic mass is 10.1. The maximum atomic E-state index is 10.6. The Balaban J connectivity index is 1.97. The lowest BCUT2D eigenvalue weighted by Crippen LogP contribution is -2.14. The fourth-order valence-electron chi connectivity index (χ4n) is 1.49. The summed E-state index contributed by atoms with van der Waals surface area (Å²) in [4.78, 5) is 15.6. The number of para-hydroxylation sites is 1. The molecule has 2 rings (SSSR count). The van der Waals surface area contributed by atoms with Gasteiger partial charge in [0, 0.05) is 12.5 Å². The Morgan fingerprint density at radius 1 is 1.37 bits per heavy atom. The Morgan fingerprint density at radius 2 is 2.16 bits per heavy atom. The van der Waals surface area contributed by atoms with Crippen molar-refractivity contribution >= 4 is 40.4 Å². The van der Waals surface area contributed by atoms with Gasteiger partial charge >= 0.3 is 5.97 Å². The van der Waals surface area contributed by atoms with Crippen molar-refractivity contribution in [1.29, 1.82) is 0 Å². The Labute approximate surface area is 123 Å². The molecule has 0 unspecified atom stereocenters. The quantitative estimate of drug-likeness (QED) is 0.350. The summed E-state index contributed by atoms with van der Waals surface area (Å²) in [5.74, 6) is 0.647. The molecule has 1 aromatic carbocycles. The summed E-state index contributed by atoms with van der Waals surface area (Å²) in [6, 6.07) is 7.50. The lowest BCUT2D eigenvalue weighted by Gasteiger charge is -2.01. The van der Waals surface area contributed by atoms with Crippen molar-refractivity contribution in [3.8, 4) is 5.75 Å². The van der Waals surface area contributed by atoms with Gasteiger partial charge in [-0.15, -0.1) is 0 Å². The van der Waals surface area contributed by atoms with Crippen molar-refractivity contribution < 1.29 is 19.1 Å². The van der Waals surface area contributed by atoms with Gasteiger partial charge in [0.05, 0.1) is 22.9 Å². The van der Waals surface area contributed by atoms with Gasteiger partial charge in [-0.05, 0) is 17.3 Å². The predicted octanol–water partition coefficient (Wildman–Crippen LogP) is 2.11. The molecular weight excluding hydrogens is 363 g/mol. The molecule has 1 aromatic rings. The third kappa shape index (κ3) is 3.43. The van der Waals surface area contributed by atoms with E-state index in [0.29, 0.717) is 17.4 Å². The van der Waals surface area contributed by atoms with E-state index >= 15 is 0 Å². The Bertz CT molecular complexity index is 542. The smallest absolute Gasteiger partial charge is 0.302 e. The highest BCUT2D eigenvalue weighted by Crippen LogP contribution is 2.27. The summed E-state index contributed by atoms with van der Waals surface area (Å²) in [5.41, 5.74) is 1.50. The van der Waals surface area contributed by atoms with Gasteiger partial charge in [0.1, 0.15) is 18.1 Å². The molecule has 0 aliphatic carbocycles. The van der Waals surface area contributed by atoms with Gasteiger partial charge in [0.25, 0.3) is 5.90 Å². The summed E-state index contributed by atoms with van der Waals surface area (Å²) >= 11 is 1.88. The van der Waals surface area contributed by atoms with Gasteiger partial charge < -0.3 is 14.3 Å². The molecule has 100 valence electrons. The Morgan fingerprint density at radius 3 is 2.89 bits per heavy atom. The first kappa shape index (κ1) is 13.8. The molecule has 0 aromatic heterocycles. The van der Waals surface area contributed by atoms with Crippen molar-refractivity contribution in [3.05, 3.63) is 29.8 Å². The molecule has 0 radical (unpaired) electrons. The predicted molar refractivity (Wildman–Crippen MR) is 77.6 cm³/mol. The second-order valence-corrected chi connectivity index (χ2v) is 4.08. The van der Waals surface area contributed by atoms with Crippen molar-refractivity contribution in [2.45, 2.75) is 6.92 Å². The van der Waals surface area contributed by atoms with E-state index in [1.165, 1.54) is 6.92 Å². The van der Waals surface area contributed by atoms with Gasteiger partial charge in [0.15, 0.2) is 6.61 Å². The molecule has 0 bridgehead atoms. The van der Waals surface area contributed by atoms with Crippen molar-refractivity contribution in [1.82, 2.24) is 0 Å². The standard InChI is InChI=1S/C12H11IN2O4/c1-8(16)17-6-7-18-15-12-11(14-13)9-4-2-3-5-10(9)19-12/h2-5H,6-7H2,1H3/b14-11+,15-12-. The number of ether oxygens (including phenoxy) is 2. The van der Waals surface area contributed by atoms with Crippen LogP contribution >= 0.6 is 22.9 Å². The third-order valence-electron chi connectivity index (χ3n) is 2.26. The van der Waals surface area contributed by atoms with Crippen molar-refractivity contribution in [2.75, 3.05) is 13.2 Å². The zero-order valence-electron chi connectivity index (χ0n) is 10.1. The molecule has 0 saturated heterocycles. The van der Waals surface area contributed by atoms with Crippen molar-refractivity contribution in [2.24, 2.45) is 8.36 Å². The van der Waals surface area contributed by atoms with Crippen molar-refractivity contribution in [3.63, 3.8) is 0 Å². The van der Waals surface area contributed by atoms with E-state index in [4.69, 9.17) is 14.3 Å². The Kier molecular flexibility index (Phi) is 4.72. The molecule has 0 saturated carbocycles. The van der Waals surface area contributed by atoms with Gasteiger partial charge in [-0.3, -0.25) is 4.79 Å². The van der Waals surface area contributed by atoms with Gasteiger partial charge in [-0.25, -0.2) is 3.21 Å². The fourth-order valence-corrected chi connectivity index (χ4v) is 1.96. The number of benzene rings is 1. The van der Waals surface area contributed by atoms with E-state index < -0.39 is 0 Å². The third-order valence-corrected chi connectivity index (χ3v) is 2.75. The second kappa shape index (κ2) is 6.50. The molecule has 6 nitrogen and oxygen atoms in total. The molecule has 19 heavy (non-hydrogen) atoms. The molecule has 1 aliphatic rings. The zero-order chi connectivity index (χ0) is 13.7. The van der Waals surface area contributed by atoms with Crippen LogP contribution < -0.4 is 4.74 Å². The largest absolute Gasteiger partial charge is 0.462 e. The minimum atomic E-state index is -0.352. The average Bonchev–Trinajstić information content (AvgIpc) is 2.75. The minimum absolute atomic E-state index is 0.149. The molecule has 1 aliphatic heterocycles. The summed E-state index contributed by atoms with van der Waals surface area (Å²) < 4.78 is 14.3. The molecule has 0 N–H and O–H groups in total. The first-order valence-corrected chi connectivity index (χ1v) is 6.48. The van der Waals surface area contributed by atoms with E-state index in [1.54, 1.807) is 0 Å². The van der Waals surface area contributed by atoms with E-state index in [0.717, 1.165) is 5.56 Å². The van der Waals surface area contributed by atoms with E-state index in [1.807, 2.05) is 47.1 Å². The number of halogens is 1. The maximum absolute atomic E-state index is 10.6. The zero-order valence-corrected chi connectivity index (χ0v) is 12.3. The van der Waals surface area contributed by atoms with Crippen LogP contribution in [0.3, 0.4) is 0 Å². The van der Waals surface area contributed by atoms with Crippen LogP contribution in [0.4, 0.5) is 0 Å². The number of hydrogen-bond donors (Lipinski definition) is 0. The number of rotatable bonds is 4. The maximum Gasteiger partial charge on any atom is 0.302 e. The molecule has 7 heteroatoms. The number of fused-ring (bicyclic) bond motifs is 1. The molecule has 0 amide bonds. The van der Waals surface area contributed by atoms with Crippen LogP contribution in [0.1, 0.15) is 12.5 Å². The van der Waals surface area contributed by atoms with Crippen LogP contribution in [0.15, 0.2) is 32.6 Å². The fraction of sp³-hybridized carbons (Fsp3) is 0.250. The van der Waals surface area contributed by atoms with Crippen LogP contribution in [-0.2, 0) is 14.4 Å². The van der Waals surface area contributed by atoms with Crippen LogP contribution in [0.2, 0.25) is 0 Å². The van der Waals surface area contributed by atoms with Gasteiger partial charge in [-0.1, -0.05) is 12.1 Å². The molecule has 0 spiro atoms. The van der Waals surface area contributed by atoms with E-state index in [-0.39, 0.29) is 19.2 Å². The molecular formula is C12H11IN2O4. The normalized spacial score (nSPS) is 17.2. The van der Waals surface area contributed by atoms with Gasteiger partial charge in [0.2, 0.25) is 0 Å². The van der Waals surface area contributed by atoms with Crippen LogP contribution in [-0.4, -0.2) is 30.8 Å². The topological polar surface area (TPSA) is 69.5 Å². The first-order chi connectivity index (χ1) is 9.22. The Hall–Kier alpha value is -1.64. The summed E-state index contributed by atoms with van der Waals surface area (Å²) in [7, 11) is 0. The molecule has 0 fully saturated rings. The SMILES string of the molecule is CC(=O)OCCO/N=C1\Oc2ccccc2\C1=N/I.